The lowest BCUT2D eigenvalue weighted by Crippen LogP contribution is -2.21. The molecule has 0 unspecified atom stereocenters. The van der Waals surface area contributed by atoms with Crippen molar-refractivity contribution in [1.29, 1.82) is 0 Å². The molecule has 0 bridgehead atoms. The van der Waals surface area contributed by atoms with Crippen LogP contribution >= 0.6 is 0 Å². The number of hydrogen-bond acceptors (Lipinski definition) is 3. The quantitative estimate of drug-likeness (QED) is 0.617. The molecule has 0 atom stereocenters. The Bertz CT molecular complexity index is 467. The van der Waals surface area contributed by atoms with Crippen LogP contribution in [0.15, 0.2) is 18.2 Å². The largest absolute Gasteiger partial charge is 0.546 e. The van der Waals surface area contributed by atoms with E-state index < -0.39 is 21.7 Å². The molecule has 0 aromatic heterocycles. The average Bonchev–Trinajstić information content (AvgIpc) is 2.34. The topological polar surface area (TPSA) is 35.5 Å². The number of carbonyl (C=O) groups is 1. The van der Waals surface area contributed by atoms with E-state index in [0.29, 0.717) is 11.3 Å². The van der Waals surface area contributed by atoms with E-state index >= 15 is 0 Å². The highest BCUT2D eigenvalue weighted by molar-refractivity contribution is 6.49. The number of hydrogen-bond donors (Lipinski definition) is 0. The van der Waals surface area contributed by atoms with E-state index in [4.69, 9.17) is 9.16 Å². The minimum atomic E-state index is -1.38. The van der Waals surface area contributed by atoms with Crippen molar-refractivity contribution in [3.05, 3.63) is 29.3 Å². The molecular formula is C15H23FO3Si. The molecule has 0 aliphatic heterocycles. The van der Waals surface area contributed by atoms with Gasteiger partial charge in [0.1, 0.15) is 24.6 Å². The van der Waals surface area contributed by atoms with Gasteiger partial charge in [0.25, 0.3) is 0 Å². The van der Waals surface area contributed by atoms with E-state index in [0.717, 1.165) is 5.56 Å². The van der Waals surface area contributed by atoms with E-state index in [2.05, 4.69) is 20.8 Å². The van der Waals surface area contributed by atoms with E-state index in [1.54, 1.807) is 12.1 Å². The van der Waals surface area contributed by atoms with Crippen LogP contribution in [0, 0.1) is 0 Å². The van der Waals surface area contributed by atoms with Crippen LogP contribution in [-0.4, -0.2) is 28.3 Å². The molecule has 0 aliphatic rings. The third-order valence-corrected chi connectivity index (χ3v) is 3.41. The number of ether oxygens (including phenoxy) is 1. The molecular weight excluding hydrogens is 275 g/mol. The van der Waals surface area contributed by atoms with Crippen LogP contribution in [-0.2, 0) is 10.2 Å². The maximum Gasteiger partial charge on any atom is 0.341 e. The number of benzene rings is 1. The summed E-state index contributed by atoms with van der Waals surface area (Å²) < 4.78 is 23.0. The number of halogens is 1. The van der Waals surface area contributed by atoms with Gasteiger partial charge < -0.3 is 9.16 Å². The van der Waals surface area contributed by atoms with Crippen LogP contribution in [0.1, 0.15) is 36.7 Å². The van der Waals surface area contributed by atoms with Gasteiger partial charge in [-0.1, -0.05) is 32.9 Å². The number of rotatable bonds is 5. The second kappa shape index (κ2) is 6.88. The molecule has 0 aliphatic carbocycles. The Morgan fingerprint density at radius 2 is 1.95 bits per heavy atom. The van der Waals surface area contributed by atoms with Crippen molar-refractivity contribution in [2.45, 2.75) is 39.3 Å². The van der Waals surface area contributed by atoms with E-state index in [9.17, 15) is 9.18 Å². The van der Waals surface area contributed by atoms with Crippen LogP contribution in [0.25, 0.3) is 0 Å². The smallest absolute Gasteiger partial charge is 0.341 e. The first kappa shape index (κ1) is 16.7. The highest BCUT2D eigenvalue weighted by Crippen LogP contribution is 2.34. The van der Waals surface area contributed by atoms with Gasteiger partial charge in [-0.3, -0.25) is 0 Å². The Morgan fingerprint density at radius 3 is 2.45 bits per heavy atom. The molecule has 0 heterocycles. The summed E-state index contributed by atoms with van der Waals surface area (Å²) in [6.45, 7) is 9.36. The summed E-state index contributed by atoms with van der Waals surface area (Å²) in [6.07, 6.45) is 0. The van der Waals surface area contributed by atoms with Crippen molar-refractivity contribution in [3.8, 4) is 5.75 Å². The van der Waals surface area contributed by atoms with Gasteiger partial charge in [0.15, 0.2) is 0 Å². The lowest BCUT2D eigenvalue weighted by Gasteiger charge is -2.25. The third kappa shape index (κ3) is 4.33. The molecule has 0 radical (unpaired) electrons. The average molecular weight is 298 g/mol. The maximum absolute atomic E-state index is 12.1. The molecule has 0 N–H and O–H groups in total. The van der Waals surface area contributed by atoms with E-state index in [1.165, 1.54) is 0 Å². The summed E-state index contributed by atoms with van der Waals surface area (Å²) in [5.41, 5.74) is 1.20. The first-order valence-corrected chi connectivity index (χ1v) is 9.58. The Balaban J connectivity index is 3.25. The molecule has 1 aromatic rings. The summed E-state index contributed by atoms with van der Waals surface area (Å²) in [4.78, 5) is 12.0. The first-order chi connectivity index (χ1) is 9.27. The molecule has 5 heteroatoms. The number of para-hydroxylation sites is 1. The summed E-state index contributed by atoms with van der Waals surface area (Å²) in [5.74, 6) is 0.0592. The molecule has 0 amide bonds. The molecule has 1 aromatic carbocycles. The third-order valence-electron chi connectivity index (χ3n) is 2.71. The molecule has 0 fully saturated rings. The normalized spacial score (nSPS) is 11.6. The Morgan fingerprint density at radius 1 is 1.30 bits per heavy atom. The van der Waals surface area contributed by atoms with Crippen molar-refractivity contribution >= 4 is 15.0 Å². The molecule has 3 nitrogen and oxygen atoms in total. The second-order valence-corrected chi connectivity index (χ2v) is 8.26. The predicted octanol–water partition coefficient (Wildman–Crippen LogP) is 3.47. The Kier molecular flexibility index (Phi) is 5.74. The monoisotopic (exact) mass is 298 g/mol. The number of alkyl halides is 1. The zero-order valence-corrected chi connectivity index (χ0v) is 14.0. The lowest BCUT2D eigenvalue weighted by molar-refractivity contribution is 0.0479. The van der Waals surface area contributed by atoms with Gasteiger partial charge in [-0.15, -0.1) is 0 Å². The number of esters is 1. The minimum absolute atomic E-state index is 0.144. The van der Waals surface area contributed by atoms with E-state index in [1.807, 2.05) is 19.2 Å². The van der Waals surface area contributed by atoms with Crippen LogP contribution < -0.4 is 4.43 Å². The van der Waals surface area contributed by atoms with Crippen LogP contribution in [0.2, 0.25) is 13.1 Å². The summed E-state index contributed by atoms with van der Waals surface area (Å²) >= 11 is 0. The van der Waals surface area contributed by atoms with Crippen molar-refractivity contribution in [2.24, 2.45) is 0 Å². The second-order valence-electron chi connectivity index (χ2n) is 5.92. The molecule has 112 valence electrons. The SMILES string of the molecule is C[SiH](C)Oc1c(C(=O)OCCF)cccc1C(C)(C)C. The Labute approximate surface area is 121 Å². The summed E-state index contributed by atoms with van der Waals surface area (Å²) in [7, 11) is -1.38. The minimum Gasteiger partial charge on any atom is -0.546 e. The predicted molar refractivity (Wildman–Crippen MR) is 80.9 cm³/mol. The summed E-state index contributed by atoms with van der Waals surface area (Å²) in [5, 5.41) is 0. The molecule has 0 spiro atoms. The van der Waals surface area contributed by atoms with Crippen molar-refractivity contribution in [2.75, 3.05) is 13.3 Å². The van der Waals surface area contributed by atoms with Crippen LogP contribution in [0.5, 0.6) is 5.75 Å². The van der Waals surface area contributed by atoms with Crippen molar-refractivity contribution < 1.29 is 18.3 Å². The summed E-state index contributed by atoms with van der Waals surface area (Å²) in [6, 6.07) is 5.43. The standard InChI is InChI=1S/C15H23FO3Si/c1-15(2,3)12-8-6-7-11(13(12)19-20(4)5)14(17)18-10-9-16/h6-8,20H,9-10H2,1-5H3. The van der Waals surface area contributed by atoms with Gasteiger partial charge in [0.05, 0.1) is 0 Å². The zero-order valence-electron chi connectivity index (χ0n) is 12.8. The van der Waals surface area contributed by atoms with Gasteiger partial charge in [-0.2, -0.15) is 0 Å². The Hall–Kier alpha value is -1.36. The zero-order chi connectivity index (χ0) is 15.3. The van der Waals surface area contributed by atoms with Crippen molar-refractivity contribution in [1.82, 2.24) is 0 Å². The van der Waals surface area contributed by atoms with Gasteiger partial charge in [-0.05, 0) is 30.1 Å². The molecule has 20 heavy (non-hydrogen) atoms. The first-order valence-electron chi connectivity index (χ1n) is 6.80. The van der Waals surface area contributed by atoms with Crippen molar-refractivity contribution in [3.63, 3.8) is 0 Å². The lowest BCUT2D eigenvalue weighted by atomic mass is 9.85. The van der Waals surface area contributed by atoms with E-state index in [-0.39, 0.29) is 12.0 Å². The fourth-order valence-corrected chi connectivity index (χ4v) is 2.59. The highest BCUT2D eigenvalue weighted by Gasteiger charge is 2.25. The maximum atomic E-state index is 12.1. The fourth-order valence-electron chi connectivity index (χ4n) is 1.86. The van der Waals surface area contributed by atoms with Crippen LogP contribution in [0.4, 0.5) is 4.39 Å². The van der Waals surface area contributed by atoms with Gasteiger partial charge in [-0.25, -0.2) is 9.18 Å². The van der Waals surface area contributed by atoms with Gasteiger partial charge in [0.2, 0.25) is 9.04 Å². The molecule has 0 saturated carbocycles. The van der Waals surface area contributed by atoms with Crippen LogP contribution in [0.3, 0.4) is 0 Å². The van der Waals surface area contributed by atoms with Gasteiger partial charge in [0, 0.05) is 0 Å². The highest BCUT2D eigenvalue weighted by atomic mass is 28.3. The van der Waals surface area contributed by atoms with Gasteiger partial charge >= 0.3 is 5.97 Å². The number of carbonyl (C=O) groups excluding carboxylic acids is 1. The fraction of sp³-hybridized carbons (Fsp3) is 0.533. The molecule has 1 rings (SSSR count). The molecule has 0 saturated heterocycles.